The van der Waals surface area contributed by atoms with E-state index in [0.29, 0.717) is 17.4 Å². The van der Waals surface area contributed by atoms with Crippen molar-refractivity contribution in [2.75, 3.05) is 26.1 Å². The molecule has 0 atom stereocenters. The maximum Gasteiger partial charge on any atom is 0.223 e. The van der Waals surface area contributed by atoms with Gasteiger partial charge in [0.25, 0.3) is 0 Å². The fourth-order valence-electron chi connectivity index (χ4n) is 1.84. The monoisotopic (exact) mass is 259 g/mol. The van der Waals surface area contributed by atoms with Crippen LogP contribution in [0.25, 0.3) is 11.3 Å². The number of hydrogen-bond acceptors (Lipinski definition) is 5. The fraction of sp³-hybridized carbons (Fsp3) is 0.286. The van der Waals surface area contributed by atoms with Crippen LogP contribution in [0.3, 0.4) is 0 Å². The van der Waals surface area contributed by atoms with E-state index in [0.717, 1.165) is 17.8 Å². The van der Waals surface area contributed by atoms with Crippen LogP contribution in [-0.2, 0) is 0 Å². The summed E-state index contributed by atoms with van der Waals surface area (Å²) in [5, 5.41) is 3.09. The van der Waals surface area contributed by atoms with E-state index >= 15 is 0 Å². The molecule has 0 saturated heterocycles. The Morgan fingerprint density at radius 2 is 2.00 bits per heavy atom. The smallest absolute Gasteiger partial charge is 0.223 e. The molecule has 0 aliphatic heterocycles. The molecule has 5 nitrogen and oxygen atoms in total. The molecule has 0 saturated carbocycles. The van der Waals surface area contributed by atoms with Crippen LogP contribution in [0.2, 0.25) is 0 Å². The predicted molar refractivity (Wildman–Crippen MR) is 74.7 cm³/mol. The molecule has 2 rings (SSSR count). The number of hydrogen-bond donors (Lipinski definition) is 1. The summed E-state index contributed by atoms with van der Waals surface area (Å²) in [7, 11) is 3.24. The molecule has 1 heterocycles. The predicted octanol–water partition coefficient (Wildman–Crippen LogP) is 2.59. The Balaban J connectivity index is 2.49. The summed E-state index contributed by atoms with van der Waals surface area (Å²) in [6.45, 7) is 2.78. The van der Waals surface area contributed by atoms with Crippen molar-refractivity contribution in [2.45, 2.75) is 6.92 Å². The van der Waals surface area contributed by atoms with Gasteiger partial charge in [0.2, 0.25) is 5.95 Å². The van der Waals surface area contributed by atoms with Crippen LogP contribution in [0.1, 0.15) is 6.92 Å². The van der Waals surface area contributed by atoms with E-state index in [1.165, 1.54) is 0 Å². The average Bonchev–Trinajstić information content (AvgIpc) is 2.47. The van der Waals surface area contributed by atoms with Crippen molar-refractivity contribution >= 4 is 5.95 Å². The molecule has 0 amide bonds. The quantitative estimate of drug-likeness (QED) is 0.894. The Bertz CT molecular complexity index is 558. The van der Waals surface area contributed by atoms with Gasteiger partial charge in [0.1, 0.15) is 0 Å². The standard InChI is InChI=1S/C14H17N3O2/c1-4-15-14-16-9-8-11(17-14)10-6-5-7-12(18-2)13(10)19-3/h5-9H,4H2,1-3H3,(H,15,16,17). The molecule has 1 N–H and O–H groups in total. The number of para-hydroxylation sites is 1. The Morgan fingerprint density at radius 1 is 1.16 bits per heavy atom. The summed E-state index contributed by atoms with van der Waals surface area (Å²) >= 11 is 0. The highest BCUT2D eigenvalue weighted by Crippen LogP contribution is 2.36. The van der Waals surface area contributed by atoms with Crippen LogP contribution in [-0.4, -0.2) is 30.7 Å². The van der Waals surface area contributed by atoms with E-state index in [1.807, 2.05) is 31.2 Å². The van der Waals surface area contributed by atoms with Gasteiger partial charge in [-0.05, 0) is 25.1 Å². The molecule has 0 unspecified atom stereocenters. The molecule has 1 aromatic heterocycles. The molecule has 0 bridgehead atoms. The second kappa shape index (κ2) is 6.04. The second-order valence-electron chi connectivity index (χ2n) is 3.84. The van der Waals surface area contributed by atoms with Gasteiger partial charge < -0.3 is 14.8 Å². The summed E-state index contributed by atoms with van der Waals surface area (Å²) in [6, 6.07) is 7.55. The van der Waals surface area contributed by atoms with Crippen molar-refractivity contribution in [1.82, 2.24) is 9.97 Å². The summed E-state index contributed by atoms with van der Waals surface area (Å²) in [5.74, 6) is 1.96. The third-order valence-electron chi connectivity index (χ3n) is 2.67. The van der Waals surface area contributed by atoms with Crippen LogP contribution < -0.4 is 14.8 Å². The molecule has 0 aliphatic rings. The van der Waals surface area contributed by atoms with Gasteiger partial charge in [-0.15, -0.1) is 0 Å². The van der Waals surface area contributed by atoms with Gasteiger partial charge in [0.15, 0.2) is 11.5 Å². The summed E-state index contributed by atoms with van der Waals surface area (Å²) in [5.41, 5.74) is 1.67. The first kappa shape index (κ1) is 13.1. The molecule has 19 heavy (non-hydrogen) atoms. The Morgan fingerprint density at radius 3 is 2.68 bits per heavy atom. The minimum Gasteiger partial charge on any atom is -0.493 e. The average molecular weight is 259 g/mol. The number of ether oxygens (including phenoxy) is 2. The lowest BCUT2D eigenvalue weighted by atomic mass is 10.1. The lowest BCUT2D eigenvalue weighted by molar-refractivity contribution is 0.356. The number of benzene rings is 1. The summed E-state index contributed by atoms with van der Waals surface area (Å²) in [6.07, 6.45) is 1.72. The van der Waals surface area contributed by atoms with Gasteiger partial charge in [-0.2, -0.15) is 0 Å². The Kier molecular flexibility index (Phi) is 4.18. The molecule has 100 valence electrons. The zero-order valence-corrected chi connectivity index (χ0v) is 11.3. The highest BCUT2D eigenvalue weighted by atomic mass is 16.5. The van der Waals surface area contributed by atoms with E-state index in [1.54, 1.807) is 20.4 Å². The van der Waals surface area contributed by atoms with Crippen molar-refractivity contribution in [1.29, 1.82) is 0 Å². The molecule has 0 spiro atoms. The van der Waals surface area contributed by atoms with Crippen molar-refractivity contribution in [3.63, 3.8) is 0 Å². The Hall–Kier alpha value is -2.30. The number of methoxy groups -OCH3 is 2. The minimum atomic E-state index is 0.602. The molecule has 1 aromatic carbocycles. The third-order valence-corrected chi connectivity index (χ3v) is 2.67. The van der Waals surface area contributed by atoms with Gasteiger partial charge in [-0.1, -0.05) is 6.07 Å². The first-order valence-corrected chi connectivity index (χ1v) is 6.08. The van der Waals surface area contributed by atoms with Crippen molar-refractivity contribution in [3.8, 4) is 22.8 Å². The highest BCUT2D eigenvalue weighted by molar-refractivity contribution is 5.71. The van der Waals surface area contributed by atoms with Gasteiger partial charge in [-0.3, -0.25) is 0 Å². The van der Waals surface area contributed by atoms with E-state index < -0.39 is 0 Å². The molecular formula is C14H17N3O2. The number of rotatable bonds is 5. The highest BCUT2D eigenvalue weighted by Gasteiger charge is 2.12. The minimum absolute atomic E-state index is 0.602. The van der Waals surface area contributed by atoms with E-state index in [4.69, 9.17) is 9.47 Å². The van der Waals surface area contributed by atoms with Crippen LogP contribution in [0.4, 0.5) is 5.95 Å². The van der Waals surface area contributed by atoms with Gasteiger partial charge in [0.05, 0.1) is 19.9 Å². The van der Waals surface area contributed by atoms with Gasteiger partial charge in [-0.25, -0.2) is 9.97 Å². The van der Waals surface area contributed by atoms with E-state index in [-0.39, 0.29) is 0 Å². The van der Waals surface area contributed by atoms with Crippen molar-refractivity contribution < 1.29 is 9.47 Å². The first-order chi connectivity index (χ1) is 9.30. The van der Waals surface area contributed by atoms with Gasteiger partial charge in [0, 0.05) is 18.3 Å². The number of nitrogens with zero attached hydrogens (tertiary/aromatic N) is 2. The number of nitrogens with one attached hydrogen (secondary N) is 1. The lowest BCUT2D eigenvalue weighted by Crippen LogP contribution is -2.02. The van der Waals surface area contributed by atoms with Crippen LogP contribution >= 0.6 is 0 Å². The van der Waals surface area contributed by atoms with E-state index in [9.17, 15) is 0 Å². The third kappa shape index (κ3) is 2.76. The van der Waals surface area contributed by atoms with Gasteiger partial charge >= 0.3 is 0 Å². The normalized spacial score (nSPS) is 10.1. The number of aromatic nitrogens is 2. The topological polar surface area (TPSA) is 56.3 Å². The van der Waals surface area contributed by atoms with Crippen molar-refractivity contribution in [2.24, 2.45) is 0 Å². The molecule has 0 fully saturated rings. The number of anilines is 1. The maximum atomic E-state index is 5.42. The van der Waals surface area contributed by atoms with E-state index in [2.05, 4.69) is 15.3 Å². The SMILES string of the molecule is CCNc1nccc(-c2cccc(OC)c2OC)n1. The second-order valence-corrected chi connectivity index (χ2v) is 3.84. The lowest BCUT2D eigenvalue weighted by Gasteiger charge is -2.12. The fourth-order valence-corrected chi connectivity index (χ4v) is 1.84. The van der Waals surface area contributed by atoms with Crippen molar-refractivity contribution in [3.05, 3.63) is 30.5 Å². The molecule has 0 aliphatic carbocycles. The largest absolute Gasteiger partial charge is 0.493 e. The Labute approximate surface area is 112 Å². The summed E-state index contributed by atoms with van der Waals surface area (Å²) in [4.78, 5) is 8.62. The maximum absolute atomic E-state index is 5.42. The zero-order valence-electron chi connectivity index (χ0n) is 11.3. The first-order valence-electron chi connectivity index (χ1n) is 6.08. The van der Waals surface area contributed by atoms with Crippen LogP contribution in [0, 0.1) is 0 Å². The van der Waals surface area contributed by atoms with Crippen LogP contribution in [0.5, 0.6) is 11.5 Å². The zero-order chi connectivity index (χ0) is 13.7. The summed E-state index contributed by atoms with van der Waals surface area (Å²) < 4.78 is 10.7. The molecule has 2 aromatic rings. The molecular weight excluding hydrogens is 242 g/mol. The van der Waals surface area contributed by atoms with Crippen LogP contribution in [0.15, 0.2) is 30.5 Å². The molecule has 0 radical (unpaired) electrons. The molecule has 5 heteroatoms.